The Morgan fingerprint density at radius 2 is 1.83 bits per heavy atom. The third-order valence-electron chi connectivity index (χ3n) is 0.352. The molecule has 1 amide bonds. The molecule has 0 aromatic rings. The van der Waals surface area contributed by atoms with Gasteiger partial charge in [0, 0.05) is 14.0 Å². The zero-order valence-corrected chi connectivity index (χ0v) is 5.53. The monoisotopic (exact) mass is 107 g/mol. The van der Waals surface area contributed by atoms with Crippen LogP contribution in [-0.2, 0) is 4.79 Å². The molecule has 0 bridgehead atoms. The van der Waals surface area contributed by atoms with E-state index in [1.54, 1.807) is 7.05 Å². The molecule has 1 N–H and O–H groups in total. The predicted molar refractivity (Wildman–Crippen MR) is 30.8 cm³/mol. The van der Waals surface area contributed by atoms with E-state index in [9.17, 15) is 4.79 Å². The highest BCUT2D eigenvalue weighted by molar-refractivity contribution is 6.92. The number of rotatable bonds is 0. The van der Waals surface area contributed by atoms with Crippen molar-refractivity contribution in [2.24, 2.45) is 0 Å². The zero-order chi connectivity index (χ0) is 4.28. The lowest BCUT2D eigenvalue weighted by molar-refractivity contribution is -0.118. The van der Waals surface area contributed by atoms with Gasteiger partial charge in [-0.3, -0.25) is 4.79 Å². The maximum Gasteiger partial charge on any atom is 0.216 e. The average molecular weight is 107 g/mol. The molecule has 0 aliphatic rings. The van der Waals surface area contributed by atoms with E-state index < -0.39 is 0 Å². The second kappa shape index (κ2) is 4.90. The summed E-state index contributed by atoms with van der Waals surface area (Å²) in [5.41, 5.74) is 0. The molecule has 1 unspecified atom stereocenters. The Morgan fingerprint density at radius 1 is 1.67 bits per heavy atom. The summed E-state index contributed by atoms with van der Waals surface area (Å²) in [6.45, 7) is 1.47. The van der Waals surface area contributed by atoms with Crippen molar-refractivity contribution in [2.45, 2.75) is 6.92 Å². The van der Waals surface area contributed by atoms with E-state index in [0.717, 1.165) is 0 Å². The highest BCUT2D eigenvalue weighted by atomic mass is 31.0. The first-order valence-corrected chi connectivity index (χ1v) is 1.45. The lowest BCUT2D eigenvalue weighted by Gasteiger charge is -1.80. The van der Waals surface area contributed by atoms with Gasteiger partial charge in [-0.05, 0) is 0 Å². The van der Waals surface area contributed by atoms with E-state index in [2.05, 4.69) is 5.32 Å². The fourth-order valence-corrected chi connectivity index (χ4v) is 0. The van der Waals surface area contributed by atoms with Crippen LogP contribution in [0.2, 0.25) is 0 Å². The number of hydrogen-bond donors (Lipinski definition) is 1. The topological polar surface area (TPSA) is 29.1 Å². The Hall–Kier alpha value is -0.100. The average Bonchev–Trinajstić information content (AvgIpc) is 1.38. The quantitative estimate of drug-likeness (QED) is 0.427. The number of amides is 1. The molecule has 1 atom stereocenters. The summed E-state index contributed by atoms with van der Waals surface area (Å²) >= 11 is 0. The van der Waals surface area contributed by atoms with E-state index in [4.69, 9.17) is 0 Å². The van der Waals surface area contributed by atoms with Gasteiger partial charge in [-0.1, -0.05) is 0 Å². The first-order valence-electron chi connectivity index (χ1n) is 1.45. The molecule has 0 fully saturated rings. The van der Waals surface area contributed by atoms with Crippen LogP contribution in [0.25, 0.3) is 0 Å². The number of hydrogen-bond acceptors (Lipinski definition) is 1. The van der Waals surface area contributed by atoms with Gasteiger partial charge < -0.3 is 5.32 Å². The minimum Gasteiger partial charge on any atom is -0.359 e. The molecular weight excluding hydrogens is 97.0 g/mol. The molecule has 6 heavy (non-hydrogen) atoms. The zero-order valence-electron chi connectivity index (χ0n) is 4.12. The summed E-state index contributed by atoms with van der Waals surface area (Å²) in [6.07, 6.45) is 0. The molecule has 0 saturated heterocycles. The van der Waals surface area contributed by atoms with Crippen molar-refractivity contribution in [1.82, 2.24) is 5.32 Å². The van der Waals surface area contributed by atoms with Gasteiger partial charge in [0.25, 0.3) is 0 Å². The van der Waals surface area contributed by atoms with E-state index >= 15 is 0 Å². The maximum atomic E-state index is 9.70. The van der Waals surface area contributed by atoms with Crippen LogP contribution >= 0.6 is 9.90 Å². The van der Waals surface area contributed by atoms with E-state index in [-0.39, 0.29) is 15.8 Å². The Bertz CT molecular complexity index is 46.1. The van der Waals surface area contributed by atoms with E-state index in [1.165, 1.54) is 6.92 Å². The molecule has 0 rings (SSSR count). The minimum absolute atomic E-state index is 0. The van der Waals surface area contributed by atoms with Crippen molar-refractivity contribution in [3.05, 3.63) is 0 Å². The van der Waals surface area contributed by atoms with Crippen LogP contribution in [0.1, 0.15) is 6.92 Å². The van der Waals surface area contributed by atoms with E-state index in [0.29, 0.717) is 0 Å². The number of carbonyl (C=O) groups excluding carboxylic acids is 1. The Labute approximate surface area is 40.9 Å². The van der Waals surface area contributed by atoms with Crippen LogP contribution in [-0.4, -0.2) is 13.0 Å². The van der Waals surface area contributed by atoms with Crippen LogP contribution < -0.4 is 5.32 Å². The lowest BCUT2D eigenvalue weighted by atomic mass is 10.7. The van der Waals surface area contributed by atoms with Gasteiger partial charge in [0.05, 0.1) is 0 Å². The number of carbonyl (C=O) groups is 1. The standard InChI is InChI=1S/C3H7NO.H3P/c1-3(5)4-2;/h1-2H3,(H,4,5);1H3. The van der Waals surface area contributed by atoms with Crippen LogP contribution in [0.3, 0.4) is 0 Å². The van der Waals surface area contributed by atoms with Crippen molar-refractivity contribution in [2.75, 3.05) is 7.05 Å². The van der Waals surface area contributed by atoms with Gasteiger partial charge in [-0.2, -0.15) is 9.90 Å². The van der Waals surface area contributed by atoms with Crippen molar-refractivity contribution < 1.29 is 4.79 Å². The van der Waals surface area contributed by atoms with Gasteiger partial charge in [0.15, 0.2) is 0 Å². The third-order valence-corrected chi connectivity index (χ3v) is 0.352. The summed E-state index contributed by atoms with van der Waals surface area (Å²) in [4.78, 5) is 9.70. The smallest absolute Gasteiger partial charge is 0.216 e. The van der Waals surface area contributed by atoms with Crippen LogP contribution in [0.4, 0.5) is 0 Å². The van der Waals surface area contributed by atoms with Gasteiger partial charge in [-0.15, -0.1) is 0 Å². The maximum absolute atomic E-state index is 9.70. The van der Waals surface area contributed by atoms with Gasteiger partial charge in [0.2, 0.25) is 5.91 Å². The van der Waals surface area contributed by atoms with Gasteiger partial charge in [0.1, 0.15) is 0 Å². The highest BCUT2D eigenvalue weighted by Crippen LogP contribution is 1.45. The fraction of sp³-hybridized carbons (Fsp3) is 0.667. The summed E-state index contributed by atoms with van der Waals surface area (Å²) in [6, 6.07) is 0. The summed E-state index contributed by atoms with van der Waals surface area (Å²) in [5.74, 6) is 0.00463. The van der Waals surface area contributed by atoms with Crippen molar-refractivity contribution in [1.29, 1.82) is 0 Å². The largest absolute Gasteiger partial charge is 0.359 e. The molecular formula is C3H10NOP. The Morgan fingerprint density at radius 3 is 1.83 bits per heavy atom. The summed E-state index contributed by atoms with van der Waals surface area (Å²) < 4.78 is 0. The predicted octanol–water partition coefficient (Wildman–Crippen LogP) is -0.190. The van der Waals surface area contributed by atoms with Crippen molar-refractivity contribution in [3.63, 3.8) is 0 Å². The summed E-state index contributed by atoms with van der Waals surface area (Å²) in [5, 5.41) is 2.39. The first kappa shape index (κ1) is 9.31. The number of nitrogens with one attached hydrogen (secondary N) is 1. The first-order chi connectivity index (χ1) is 2.27. The van der Waals surface area contributed by atoms with Crippen LogP contribution in [0, 0.1) is 0 Å². The lowest BCUT2D eigenvalue weighted by Crippen LogP contribution is -2.11. The molecule has 0 radical (unpaired) electrons. The summed E-state index contributed by atoms with van der Waals surface area (Å²) in [7, 11) is 1.60. The fourth-order valence-electron chi connectivity index (χ4n) is 0. The Kier molecular flexibility index (Phi) is 7.61. The molecule has 0 aromatic heterocycles. The third kappa shape index (κ3) is 9.09. The second-order valence-electron chi connectivity index (χ2n) is 0.806. The van der Waals surface area contributed by atoms with E-state index in [1.807, 2.05) is 0 Å². The molecule has 2 nitrogen and oxygen atoms in total. The van der Waals surface area contributed by atoms with Crippen LogP contribution in [0.15, 0.2) is 0 Å². The molecule has 3 heteroatoms. The van der Waals surface area contributed by atoms with Crippen molar-refractivity contribution in [3.8, 4) is 0 Å². The Balaban J connectivity index is 0. The molecule has 0 saturated carbocycles. The molecule has 0 aliphatic carbocycles. The second-order valence-corrected chi connectivity index (χ2v) is 0.806. The molecule has 0 spiro atoms. The molecule has 0 aromatic carbocycles. The SMILES string of the molecule is CNC(C)=O.P. The van der Waals surface area contributed by atoms with Crippen molar-refractivity contribution >= 4 is 15.8 Å². The van der Waals surface area contributed by atoms with Gasteiger partial charge in [-0.25, -0.2) is 0 Å². The highest BCUT2D eigenvalue weighted by Gasteiger charge is 1.72. The minimum atomic E-state index is 0. The normalized spacial score (nSPS) is 5.67. The molecule has 38 valence electrons. The molecule has 0 heterocycles. The van der Waals surface area contributed by atoms with Crippen LogP contribution in [0.5, 0.6) is 0 Å². The molecule has 0 aliphatic heterocycles. The van der Waals surface area contributed by atoms with Gasteiger partial charge >= 0.3 is 0 Å².